The molecule has 1 nitrogen and oxygen atoms in total. The maximum atomic E-state index is 12.5. The van der Waals surface area contributed by atoms with E-state index in [9.17, 15) is 13.2 Å². The highest BCUT2D eigenvalue weighted by molar-refractivity contribution is 6.34. The van der Waals surface area contributed by atoms with Gasteiger partial charge >= 0.3 is 6.18 Å². The van der Waals surface area contributed by atoms with Crippen LogP contribution in [0.1, 0.15) is 24.5 Å². The van der Waals surface area contributed by atoms with Crippen molar-refractivity contribution in [1.29, 1.82) is 0 Å². The summed E-state index contributed by atoms with van der Waals surface area (Å²) in [6.45, 7) is 1.90. The first-order chi connectivity index (χ1) is 8.82. The third-order valence-electron chi connectivity index (χ3n) is 2.93. The van der Waals surface area contributed by atoms with Crippen molar-refractivity contribution in [1.82, 2.24) is 0 Å². The summed E-state index contributed by atoms with van der Waals surface area (Å²) in [4.78, 5) is 4.31. The SMILES string of the molecule is CC1=C(CCl)N=C(c2ccc(C(F)(F)F)cc2Cl)C1.Cl. The Morgan fingerprint density at radius 2 is 1.95 bits per heavy atom. The lowest BCUT2D eigenvalue weighted by Gasteiger charge is -2.10. The molecule has 1 aromatic rings. The average Bonchev–Trinajstić information content (AvgIpc) is 2.69. The van der Waals surface area contributed by atoms with Gasteiger partial charge in [-0.1, -0.05) is 17.7 Å². The summed E-state index contributed by atoms with van der Waals surface area (Å²) >= 11 is 11.7. The molecule has 0 aromatic heterocycles. The van der Waals surface area contributed by atoms with Crippen molar-refractivity contribution in [2.24, 2.45) is 4.99 Å². The van der Waals surface area contributed by atoms with E-state index < -0.39 is 11.7 Å². The molecule has 110 valence electrons. The Bertz CT molecular complexity index is 577. The van der Waals surface area contributed by atoms with Gasteiger partial charge < -0.3 is 0 Å². The number of allylic oxidation sites excluding steroid dienone is 2. The molecule has 0 amide bonds. The lowest BCUT2D eigenvalue weighted by molar-refractivity contribution is -0.137. The van der Waals surface area contributed by atoms with Gasteiger partial charge in [-0.15, -0.1) is 24.0 Å². The van der Waals surface area contributed by atoms with E-state index in [4.69, 9.17) is 23.2 Å². The van der Waals surface area contributed by atoms with Crippen LogP contribution in [0.15, 0.2) is 34.5 Å². The molecule has 1 aromatic carbocycles. The van der Waals surface area contributed by atoms with Crippen molar-refractivity contribution in [3.05, 3.63) is 45.6 Å². The largest absolute Gasteiger partial charge is 0.416 e. The summed E-state index contributed by atoms with van der Waals surface area (Å²) in [5.74, 6) is 0.285. The van der Waals surface area contributed by atoms with Gasteiger partial charge in [-0.2, -0.15) is 13.2 Å². The zero-order valence-corrected chi connectivity index (χ0v) is 12.7. The molecule has 0 N–H and O–H groups in total. The fourth-order valence-electron chi connectivity index (χ4n) is 1.88. The van der Waals surface area contributed by atoms with Gasteiger partial charge in [-0.3, -0.25) is 4.99 Å². The minimum Gasteiger partial charge on any atom is -0.256 e. The van der Waals surface area contributed by atoms with E-state index in [1.165, 1.54) is 6.07 Å². The Morgan fingerprint density at radius 1 is 1.30 bits per heavy atom. The van der Waals surface area contributed by atoms with E-state index in [1.54, 1.807) is 0 Å². The second-order valence-electron chi connectivity index (χ2n) is 4.29. The standard InChI is InChI=1S/C13H10Cl2F3N.ClH/c1-7-4-11(19-12(7)6-14)9-3-2-8(5-10(9)15)13(16,17)18;/h2-3,5H,4,6H2,1H3;1H. The van der Waals surface area contributed by atoms with Gasteiger partial charge in [0, 0.05) is 12.0 Å². The molecule has 1 aliphatic rings. The van der Waals surface area contributed by atoms with Crippen molar-refractivity contribution in [3.8, 4) is 0 Å². The monoisotopic (exact) mass is 343 g/mol. The van der Waals surface area contributed by atoms with Gasteiger partial charge in [0.25, 0.3) is 0 Å². The zero-order chi connectivity index (χ0) is 14.2. The van der Waals surface area contributed by atoms with Crippen molar-refractivity contribution in [3.63, 3.8) is 0 Å². The van der Waals surface area contributed by atoms with Crippen LogP contribution in [0.25, 0.3) is 0 Å². The van der Waals surface area contributed by atoms with E-state index in [-0.39, 0.29) is 23.3 Å². The maximum absolute atomic E-state index is 12.5. The number of hydrogen-bond donors (Lipinski definition) is 0. The van der Waals surface area contributed by atoms with E-state index >= 15 is 0 Å². The van der Waals surface area contributed by atoms with Gasteiger partial charge in [0.05, 0.1) is 27.9 Å². The third-order valence-corrected chi connectivity index (χ3v) is 3.49. The van der Waals surface area contributed by atoms with Crippen LogP contribution in [0.3, 0.4) is 0 Å². The van der Waals surface area contributed by atoms with Crippen molar-refractivity contribution >= 4 is 41.3 Å². The highest BCUT2D eigenvalue weighted by Gasteiger charge is 2.31. The first-order valence-electron chi connectivity index (χ1n) is 5.52. The van der Waals surface area contributed by atoms with Gasteiger partial charge in [0.1, 0.15) is 0 Å². The molecule has 0 unspecified atom stereocenters. The number of alkyl halides is 4. The predicted octanol–water partition coefficient (Wildman–Crippen LogP) is 5.49. The Labute approximate surface area is 130 Å². The molecule has 7 heteroatoms. The van der Waals surface area contributed by atoms with Crippen molar-refractivity contribution < 1.29 is 13.2 Å². The molecule has 1 heterocycles. The van der Waals surface area contributed by atoms with Gasteiger partial charge in [0.15, 0.2) is 0 Å². The summed E-state index contributed by atoms with van der Waals surface area (Å²) < 4.78 is 37.6. The quantitative estimate of drug-likeness (QED) is 0.629. The number of halogens is 6. The lowest BCUT2D eigenvalue weighted by atomic mass is 10.0. The molecular formula is C13H11Cl3F3N. The molecule has 0 bridgehead atoms. The first-order valence-corrected chi connectivity index (χ1v) is 6.43. The molecular weight excluding hydrogens is 334 g/mol. The molecule has 0 saturated heterocycles. The molecule has 0 spiro atoms. The van der Waals surface area contributed by atoms with E-state index in [0.717, 1.165) is 23.4 Å². The van der Waals surface area contributed by atoms with Crippen LogP contribution >= 0.6 is 35.6 Å². The number of aliphatic imine (C=N–C) groups is 1. The van der Waals surface area contributed by atoms with Gasteiger partial charge in [-0.25, -0.2) is 0 Å². The molecule has 1 aliphatic heterocycles. The molecule has 20 heavy (non-hydrogen) atoms. The molecule has 0 aliphatic carbocycles. The molecule has 0 saturated carbocycles. The topological polar surface area (TPSA) is 12.4 Å². The Balaban J connectivity index is 0.00000200. The summed E-state index contributed by atoms with van der Waals surface area (Å²) in [5, 5.41) is 0.0530. The number of hydrogen-bond acceptors (Lipinski definition) is 1. The number of rotatable bonds is 2. The summed E-state index contributed by atoms with van der Waals surface area (Å²) in [5.41, 5.74) is 2.19. The smallest absolute Gasteiger partial charge is 0.256 e. The highest BCUT2D eigenvalue weighted by Crippen LogP contribution is 2.34. The summed E-state index contributed by atoms with van der Waals surface area (Å²) in [7, 11) is 0. The first kappa shape index (κ1) is 17.3. The Morgan fingerprint density at radius 3 is 2.40 bits per heavy atom. The molecule has 2 rings (SSSR count). The van der Waals surface area contributed by atoms with Crippen LogP contribution < -0.4 is 0 Å². The fourth-order valence-corrected chi connectivity index (χ4v) is 2.45. The summed E-state index contributed by atoms with van der Waals surface area (Å²) in [6.07, 6.45) is -3.83. The van der Waals surface area contributed by atoms with Crippen LogP contribution in [0.4, 0.5) is 13.2 Å². The minimum absolute atomic E-state index is 0. The Kier molecular flexibility index (Phi) is 5.53. The normalized spacial score (nSPS) is 15.2. The minimum atomic E-state index is -4.39. The van der Waals surface area contributed by atoms with E-state index in [1.807, 2.05) is 6.92 Å². The van der Waals surface area contributed by atoms with Crippen LogP contribution in [-0.2, 0) is 6.18 Å². The zero-order valence-electron chi connectivity index (χ0n) is 10.4. The molecule has 0 atom stereocenters. The number of benzene rings is 1. The van der Waals surface area contributed by atoms with Crippen LogP contribution in [0, 0.1) is 0 Å². The van der Waals surface area contributed by atoms with Gasteiger partial charge in [0.2, 0.25) is 0 Å². The highest BCUT2D eigenvalue weighted by atomic mass is 35.5. The van der Waals surface area contributed by atoms with Crippen LogP contribution in [0.5, 0.6) is 0 Å². The fraction of sp³-hybridized carbons (Fsp3) is 0.308. The predicted molar refractivity (Wildman–Crippen MR) is 78.3 cm³/mol. The molecule has 0 radical (unpaired) electrons. The second-order valence-corrected chi connectivity index (χ2v) is 4.96. The van der Waals surface area contributed by atoms with Gasteiger partial charge in [-0.05, 0) is 24.6 Å². The average molecular weight is 345 g/mol. The summed E-state index contributed by atoms with van der Waals surface area (Å²) in [6, 6.07) is 3.29. The lowest BCUT2D eigenvalue weighted by Crippen LogP contribution is -2.06. The van der Waals surface area contributed by atoms with Crippen molar-refractivity contribution in [2.45, 2.75) is 19.5 Å². The second kappa shape index (κ2) is 6.37. The number of nitrogens with zero attached hydrogens (tertiary/aromatic N) is 1. The van der Waals surface area contributed by atoms with Crippen LogP contribution in [-0.4, -0.2) is 11.6 Å². The van der Waals surface area contributed by atoms with Crippen molar-refractivity contribution in [2.75, 3.05) is 5.88 Å². The molecule has 0 fully saturated rings. The van der Waals surface area contributed by atoms with E-state index in [2.05, 4.69) is 4.99 Å². The van der Waals surface area contributed by atoms with E-state index in [0.29, 0.717) is 17.7 Å². The Hall–Kier alpha value is -0.710. The van der Waals surface area contributed by atoms with Crippen LogP contribution in [0.2, 0.25) is 5.02 Å². The third kappa shape index (κ3) is 3.48. The maximum Gasteiger partial charge on any atom is 0.416 e.